The van der Waals surface area contributed by atoms with Crippen molar-refractivity contribution < 1.29 is 4.79 Å². The van der Waals surface area contributed by atoms with Crippen LogP contribution in [0, 0.1) is 0 Å². The number of anilines is 1. The highest BCUT2D eigenvalue weighted by molar-refractivity contribution is 5.94. The van der Waals surface area contributed by atoms with E-state index in [9.17, 15) is 4.79 Å². The van der Waals surface area contributed by atoms with Gasteiger partial charge in [0, 0.05) is 24.0 Å². The van der Waals surface area contributed by atoms with Crippen LogP contribution in [0.1, 0.15) is 44.0 Å². The van der Waals surface area contributed by atoms with Crippen LogP contribution in [-0.2, 0) is 0 Å². The van der Waals surface area contributed by atoms with Crippen molar-refractivity contribution in [1.29, 1.82) is 0 Å². The first kappa shape index (κ1) is 11.8. The second-order valence-corrected chi connectivity index (χ2v) is 5.42. The summed E-state index contributed by atoms with van der Waals surface area (Å²) < 4.78 is 0. The van der Waals surface area contributed by atoms with Gasteiger partial charge in [0.15, 0.2) is 0 Å². The number of hydrogen-bond acceptors (Lipinski definition) is 4. The Bertz CT molecular complexity index is 404. The van der Waals surface area contributed by atoms with E-state index in [1.807, 2.05) is 20.8 Å². The monoisotopic (exact) mass is 234 g/mol. The van der Waals surface area contributed by atoms with E-state index in [-0.39, 0.29) is 11.4 Å². The maximum absolute atomic E-state index is 11.7. The van der Waals surface area contributed by atoms with Gasteiger partial charge in [-0.1, -0.05) is 0 Å². The number of amides is 1. The minimum absolute atomic E-state index is 0.0855. The summed E-state index contributed by atoms with van der Waals surface area (Å²) in [4.78, 5) is 19.9. The third-order valence-corrected chi connectivity index (χ3v) is 2.31. The predicted molar refractivity (Wildman–Crippen MR) is 65.9 cm³/mol. The second-order valence-electron chi connectivity index (χ2n) is 5.42. The fraction of sp³-hybridized carbons (Fsp3) is 0.583. The van der Waals surface area contributed by atoms with Gasteiger partial charge in [0.05, 0.1) is 5.56 Å². The number of aromatic nitrogens is 2. The summed E-state index contributed by atoms with van der Waals surface area (Å²) in [6, 6.07) is 0.356. The van der Waals surface area contributed by atoms with E-state index in [4.69, 9.17) is 0 Å². The standard InChI is InChI=1S/C12H18N4O/c1-12(2,3)16-11-13-6-8(7-14-11)10(17)15-9-4-5-9/h6-7,9H,4-5H2,1-3H3,(H,15,17)(H,13,14,16). The van der Waals surface area contributed by atoms with Crippen LogP contribution in [0.15, 0.2) is 12.4 Å². The van der Waals surface area contributed by atoms with Crippen molar-refractivity contribution >= 4 is 11.9 Å². The average molecular weight is 234 g/mol. The Labute approximate surface area is 101 Å². The quantitative estimate of drug-likeness (QED) is 0.833. The summed E-state index contributed by atoms with van der Waals surface area (Å²) in [7, 11) is 0. The maximum atomic E-state index is 11.7. The van der Waals surface area contributed by atoms with Gasteiger partial charge in [-0.25, -0.2) is 9.97 Å². The molecule has 1 amide bonds. The molecule has 0 aromatic carbocycles. The largest absolute Gasteiger partial charge is 0.350 e. The molecule has 0 atom stereocenters. The van der Waals surface area contributed by atoms with Gasteiger partial charge >= 0.3 is 0 Å². The van der Waals surface area contributed by atoms with Crippen LogP contribution >= 0.6 is 0 Å². The first-order valence-electron chi connectivity index (χ1n) is 5.85. The molecule has 2 rings (SSSR count). The van der Waals surface area contributed by atoms with Gasteiger partial charge in [0.25, 0.3) is 5.91 Å². The third-order valence-electron chi connectivity index (χ3n) is 2.31. The Kier molecular flexibility index (Phi) is 3.00. The molecular weight excluding hydrogens is 216 g/mol. The van der Waals surface area contributed by atoms with Gasteiger partial charge in [0.1, 0.15) is 0 Å². The second kappa shape index (κ2) is 4.31. The molecule has 1 aliphatic carbocycles. The molecule has 1 heterocycles. The zero-order valence-electron chi connectivity index (χ0n) is 10.4. The summed E-state index contributed by atoms with van der Waals surface area (Å²) in [5.41, 5.74) is 0.425. The van der Waals surface area contributed by atoms with Gasteiger partial charge in [0.2, 0.25) is 5.95 Å². The number of nitrogens with one attached hydrogen (secondary N) is 2. The molecule has 0 bridgehead atoms. The summed E-state index contributed by atoms with van der Waals surface area (Å²) in [6.45, 7) is 6.10. The van der Waals surface area contributed by atoms with Crippen LogP contribution in [0.5, 0.6) is 0 Å². The highest BCUT2D eigenvalue weighted by Gasteiger charge is 2.24. The lowest BCUT2D eigenvalue weighted by molar-refractivity contribution is 0.0950. The molecule has 0 spiro atoms. The number of hydrogen-bond donors (Lipinski definition) is 2. The molecule has 2 N–H and O–H groups in total. The Morgan fingerprint density at radius 1 is 1.29 bits per heavy atom. The summed E-state index contributed by atoms with van der Waals surface area (Å²) in [5, 5.41) is 6.04. The zero-order chi connectivity index (χ0) is 12.5. The zero-order valence-corrected chi connectivity index (χ0v) is 10.4. The Morgan fingerprint density at radius 2 is 1.88 bits per heavy atom. The van der Waals surface area contributed by atoms with Crippen LogP contribution in [0.25, 0.3) is 0 Å². The fourth-order valence-corrected chi connectivity index (χ4v) is 1.34. The summed E-state index contributed by atoms with van der Waals surface area (Å²) >= 11 is 0. The van der Waals surface area contributed by atoms with Gasteiger partial charge in [-0.15, -0.1) is 0 Å². The Balaban J connectivity index is 1.99. The maximum Gasteiger partial charge on any atom is 0.254 e. The summed E-state index contributed by atoms with van der Waals surface area (Å²) in [5.74, 6) is 0.454. The van der Waals surface area contributed by atoms with E-state index < -0.39 is 0 Å². The van der Waals surface area contributed by atoms with Crippen molar-refractivity contribution in [2.75, 3.05) is 5.32 Å². The first-order valence-corrected chi connectivity index (χ1v) is 5.85. The van der Waals surface area contributed by atoms with Crippen molar-refractivity contribution in [3.63, 3.8) is 0 Å². The molecule has 92 valence electrons. The molecule has 1 saturated carbocycles. The van der Waals surface area contributed by atoms with Gasteiger partial charge < -0.3 is 10.6 Å². The van der Waals surface area contributed by atoms with Crippen LogP contribution in [-0.4, -0.2) is 27.5 Å². The van der Waals surface area contributed by atoms with Gasteiger partial charge in [-0.2, -0.15) is 0 Å². The number of rotatable bonds is 3. The van der Waals surface area contributed by atoms with Crippen molar-refractivity contribution in [1.82, 2.24) is 15.3 Å². The van der Waals surface area contributed by atoms with Gasteiger partial charge in [-0.05, 0) is 33.6 Å². The molecule has 17 heavy (non-hydrogen) atoms. The minimum Gasteiger partial charge on any atom is -0.350 e. The van der Waals surface area contributed by atoms with Crippen LogP contribution in [0.2, 0.25) is 0 Å². The molecule has 0 aliphatic heterocycles. The Hall–Kier alpha value is -1.65. The number of nitrogens with zero attached hydrogens (tertiary/aromatic N) is 2. The van der Waals surface area contributed by atoms with Crippen molar-refractivity contribution in [2.45, 2.75) is 45.2 Å². The van der Waals surface area contributed by atoms with Gasteiger partial charge in [-0.3, -0.25) is 4.79 Å². The van der Waals surface area contributed by atoms with Crippen LogP contribution in [0.4, 0.5) is 5.95 Å². The molecular formula is C12H18N4O. The molecule has 1 aromatic rings. The molecule has 0 saturated heterocycles. The van der Waals surface area contributed by atoms with E-state index in [0.29, 0.717) is 17.6 Å². The molecule has 0 radical (unpaired) electrons. The molecule has 1 aromatic heterocycles. The van der Waals surface area contributed by atoms with Crippen molar-refractivity contribution in [3.8, 4) is 0 Å². The van der Waals surface area contributed by atoms with Crippen LogP contribution in [0.3, 0.4) is 0 Å². The number of carbonyl (C=O) groups excluding carboxylic acids is 1. The van der Waals surface area contributed by atoms with Crippen molar-refractivity contribution in [2.24, 2.45) is 0 Å². The molecule has 0 unspecified atom stereocenters. The molecule has 5 heteroatoms. The summed E-state index contributed by atoms with van der Waals surface area (Å²) in [6.07, 6.45) is 5.27. The average Bonchev–Trinajstić information content (AvgIpc) is 3.00. The van der Waals surface area contributed by atoms with E-state index in [2.05, 4.69) is 20.6 Å². The first-order chi connectivity index (χ1) is 7.94. The van der Waals surface area contributed by atoms with E-state index in [0.717, 1.165) is 12.8 Å². The normalized spacial score (nSPS) is 15.5. The Morgan fingerprint density at radius 3 is 2.35 bits per heavy atom. The lowest BCUT2D eigenvalue weighted by Gasteiger charge is -2.20. The fourth-order valence-electron chi connectivity index (χ4n) is 1.34. The van der Waals surface area contributed by atoms with E-state index in [1.165, 1.54) is 0 Å². The van der Waals surface area contributed by atoms with E-state index in [1.54, 1.807) is 12.4 Å². The molecule has 5 nitrogen and oxygen atoms in total. The predicted octanol–water partition coefficient (Wildman–Crippen LogP) is 1.58. The molecule has 1 fully saturated rings. The number of carbonyl (C=O) groups is 1. The SMILES string of the molecule is CC(C)(C)Nc1ncc(C(=O)NC2CC2)cn1. The topological polar surface area (TPSA) is 66.9 Å². The van der Waals surface area contributed by atoms with Crippen molar-refractivity contribution in [3.05, 3.63) is 18.0 Å². The third kappa shape index (κ3) is 3.69. The highest BCUT2D eigenvalue weighted by Crippen LogP contribution is 2.19. The highest BCUT2D eigenvalue weighted by atomic mass is 16.1. The lowest BCUT2D eigenvalue weighted by Crippen LogP contribution is -2.28. The lowest BCUT2D eigenvalue weighted by atomic mass is 10.1. The van der Waals surface area contributed by atoms with E-state index >= 15 is 0 Å². The minimum atomic E-state index is -0.0881. The van der Waals surface area contributed by atoms with Crippen LogP contribution < -0.4 is 10.6 Å². The smallest absolute Gasteiger partial charge is 0.254 e. The molecule has 1 aliphatic rings.